The molecule has 8 nitrogen and oxygen atoms in total. The van der Waals surface area contributed by atoms with Crippen LogP contribution in [0.2, 0.25) is 0 Å². The summed E-state index contributed by atoms with van der Waals surface area (Å²) in [7, 11) is 0. The van der Waals surface area contributed by atoms with Crippen molar-refractivity contribution >= 4 is 17.8 Å². The van der Waals surface area contributed by atoms with Crippen LogP contribution in [0.5, 0.6) is 0 Å². The summed E-state index contributed by atoms with van der Waals surface area (Å²) < 4.78 is 5.84. The molecule has 45 heavy (non-hydrogen) atoms. The van der Waals surface area contributed by atoms with E-state index in [0.29, 0.717) is 36.0 Å². The maximum Gasteiger partial charge on any atom is 0.326 e. The number of hydrogen-bond acceptors (Lipinski definition) is 5. The number of nitrogens with one attached hydrogen (secondary N) is 2. The van der Waals surface area contributed by atoms with E-state index in [2.05, 4.69) is 59.8 Å². The zero-order valence-electron chi connectivity index (χ0n) is 26.2. The molecule has 3 N–H and O–H groups in total. The predicted molar refractivity (Wildman–Crippen MR) is 170 cm³/mol. The smallest absolute Gasteiger partial charge is 0.326 e. The van der Waals surface area contributed by atoms with E-state index in [1.807, 2.05) is 12.2 Å². The Morgan fingerprint density at radius 1 is 0.978 bits per heavy atom. The summed E-state index contributed by atoms with van der Waals surface area (Å²) in [6.45, 7) is 2.75. The molecule has 0 bridgehead atoms. The summed E-state index contributed by atoms with van der Waals surface area (Å²) in [6.07, 6.45) is 23.5. The van der Waals surface area contributed by atoms with Gasteiger partial charge in [0.15, 0.2) is 6.23 Å². The first-order valence-corrected chi connectivity index (χ1v) is 17.3. The van der Waals surface area contributed by atoms with Crippen molar-refractivity contribution in [2.75, 3.05) is 13.1 Å². The Labute approximate surface area is 266 Å². The van der Waals surface area contributed by atoms with Crippen molar-refractivity contribution in [3.05, 3.63) is 48.6 Å². The van der Waals surface area contributed by atoms with Crippen LogP contribution in [0.4, 0.5) is 4.79 Å². The van der Waals surface area contributed by atoms with E-state index in [4.69, 9.17) is 4.74 Å². The number of allylic oxidation sites excluding steroid dienone is 7. The first kappa shape index (κ1) is 30.5. The van der Waals surface area contributed by atoms with E-state index in [1.54, 1.807) is 0 Å². The molecule has 2 aliphatic heterocycles. The number of rotatable bonds is 11. The number of aliphatic hydroxyl groups excluding tert-OH is 1. The van der Waals surface area contributed by atoms with Gasteiger partial charge in [0, 0.05) is 49.8 Å². The number of imide groups is 1. The zero-order valence-corrected chi connectivity index (χ0v) is 26.2. The van der Waals surface area contributed by atoms with Gasteiger partial charge in [-0.3, -0.25) is 19.8 Å². The van der Waals surface area contributed by atoms with E-state index in [1.165, 1.54) is 49.5 Å². The minimum absolute atomic E-state index is 0.174. The largest absolute Gasteiger partial charge is 0.388 e. The summed E-state index contributed by atoms with van der Waals surface area (Å²) in [5, 5.41) is 15.5. The number of carbonyl (C=O) groups is 3. The quantitative estimate of drug-likeness (QED) is 0.139. The average molecular weight is 614 g/mol. The third kappa shape index (κ3) is 6.18. The fourth-order valence-electron chi connectivity index (χ4n) is 8.67. The summed E-state index contributed by atoms with van der Waals surface area (Å²) in [4.78, 5) is 37.3. The molecule has 7 rings (SSSR count). The molecule has 0 radical (unpaired) electrons. The lowest BCUT2D eigenvalue weighted by atomic mass is 9.49. The number of aliphatic hydroxyl groups is 1. The third-order valence-electron chi connectivity index (χ3n) is 12.0. The van der Waals surface area contributed by atoms with Crippen molar-refractivity contribution in [1.29, 1.82) is 0 Å². The average Bonchev–Trinajstić information content (AvgIpc) is 3.34. The van der Waals surface area contributed by atoms with Crippen LogP contribution in [0.25, 0.3) is 0 Å². The molecule has 240 valence electrons. The summed E-state index contributed by atoms with van der Waals surface area (Å²) in [5.41, 5.74) is 0. The highest BCUT2D eigenvalue weighted by atomic mass is 16.5. The van der Waals surface area contributed by atoms with Crippen LogP contribution >= 0.6 is 0 Å². The van der Waals surface area contributed by atoms with Gasteiger partial charge in [-0.2, -0.15) is 0 Å². The Morgan fingerprint density at radius 3 is 2.33 bits per heavy atom. The second kappa shape index (κ2) is 12.9. The van der Waals surface area contributed by atoms with E-state index >= 15 is 0 Å². The van der Waals surface area contributed by atoms with Gasteiger partial charge >= 0.3 is 6.03 Å². The molecule has 0 aromatic heterocycles. The van der Waals surface area contributed by atoms with Crippen LogP contribution in [-0.4, -0.2) is 59.4 Å². The van der Waals surface area contributed by atoms with E-state index in [9.17, 15) is 19.5 Å². The van der Waals surface area contributed by atoms with Gasteiger partial charge in [0.05, 0.1) is 6.10 Å². The maximum atomic E-state index is 12.4. The fourth-order valence-corrected chi connectivity index (χ4v) is 8.67. The van der Waals surface area contributed by atoms with Gasteiger partial charge in [0.25, 0.3) is 0 Å². The van der Waals surface area contributed by atoms with E-state index in [-0.39, 0.29) is 31.3 Å². The second-order valence-corrected chi connectivity index (χ2v) is 14.5. The third-order valence-corrected chi connectivity index (χ3v) is 12.0. The molecular weight excluding hydrogens is 566 g/mol. The van der Waals surface area contributed by atoms with Crippen LogP contribution < -0.4 is 10.6 Å². The fraction of sp³-hybridized carbons (Fsp3) is 0.649. The minimum atomic E-state index is -0.868. The lowest BCUT2D eigenvalue weighted by molar-refractivity contribution is -0.125. The normalized spacial score (nSPS) is 43.6. The first-order chi connectivity index (χ1) is 21.9. The van der Waals surface area contributed by atoms with E-state index in [0.717, 1.165) is 29.6 Å². The second-order valence-electron chi connectivity index (χ2n) is 14.5. The van der Waals surface area contributed by atoms with Gasteiger partial charge in [-0.05, 0) is 80.0 Å². The highest BCUT2D eigenvalue weighted by Crippen LogP contribution is 2.57. The lowest BCUT2D eigenvalue weighted by Crippen LogP contribution is -2.56. The minimum Gasteiger partial charge on any atom is -0.388 e. The summed E-state index contributed by atoms with van der Waals surface area (Å²) >= 11 is 0. The first-order valence-electron chi connectivity index (χ1n) is 17.3. The van der Waals surface area contributed by atoms with Gasteiger partial charge in [-0.15, -0.1) is 0 Å². The van der Waals surface area contributed by atoms with Gasteiger partial charge in [0.1, 0.15) is 6.10 Å². The van der Waals surface area contributed by atoms with Gasteiger partial charge in [-0.25, -0.2) is 4.79 Å². The van der Waals surface area contributed by atoms with Crippen molar-refractivity contribution in [3.8, 4) is 11.8 Å². The number of ether oxygens (including phenoxy) is 1. The molecule has 0 spiro atoms. The topological polar surface area (TPSA) is 108 Å². The molecule has 8 heteroatoms. The number of urea groups is 1. The highest BCUT2D eigenvalue weighted by Gasteiger charge is 2.51. The molecule has 7 aliphatic rings. The van der Waals surface area contributed by atoms with Gasteiger partial charge < -0.3 is 15.2 Å². The molecule has 13 atom stereocenters. The Morgan fingerprint density at radius 2 is 1.71 bits per heavy atom. The monoisotopic (exact) mass is 613 g/mol. The molecule has 4 amide bonds. The van der Waals surface area contributed by atoms with Crippen molar-refractivity contribution in [2.45, 2.75) is 76.7 Å². The number of carbonyl (C=O) groups excluding carboxylic acids is 3. The predicted octanol–water partition coefficient (Wildman–Crippen LogP) is 4.34. The molecule has 0 aromatic rings. The molecule has 0 aromatic carbocycles. The molecule has 3 saturated carbocycles. The Balaban J connectivity index is 0.830. The Bertz CT molecular complexity index is 1360. The number of amides is 4. The van der Waals surface area contributed by atoms with E-state index < -0.39 is 24.5 Å². The highest BCUT2D eigenvalue weighted by molar-refractivity contribution is 5.96. The molecular formula is C37H47N3O5. The standard InChI is InChI=1S/C37H47N3O5/c1-22-6-7-23(22)8-9-25-11-13-28(25)30-15-17-32(30)31-16-14-29(31)27-12-10-24(27)4-2-3-5-34(42)38-21-26-20-33(41)36(45-26)40-19-18-35(43)39-37(40)44/h2-9,22-33,36,41H,10-14,16,18-21H2,1H3,(H,38,42)(H,39,43,44)/b4-2+,5-3+,9-8+/t22-,23+,24-,25-,26+,27-,28-,29+,30+,31-,32-,33-,36-/m1/s1. The van der Waals surface area contributed by atoms with Crippen LogP contribution in [0.15, 0.2) is 48.6 Å². The lowest BCUT2D eigenvalue weighted by Gasteiger charge is -2.54. The molecule has 5 aliphatic carbocycles. The maximum absolute atomic E-state index is 12.4. The van der Waals surface area contributed by atoms with Crippen molar-refractivity contribution in [1.82, 2.24) is 15.5 Å². The van der Waals surface area contributed by atoms with Crippen LogP contribution in [-0.2, 0) is 14.3 Å². The molecule has 2 saturated heterocycles. The summed E-state index contributed by atoms with van der Waals surface area (Å²) in [5.74, 6) is 13.6. The Hall–Kier alpha value is -3.15. The van der Waals surface area contributed by atoms with Crippen LogP contribution in [0.1, 0.15) is 58.3 Å². The SMILES string of the molecule is C[C@@H]1C=C[C@H]1/C=C/[C@@H]1CC[C@H]1[C@@H]1C#C[C@H]1[C@@H]1CC[C@H]1[C@@H]1CC[C@H]1/C=C/C=C/C(=O)NC[C@@H]1C[C@@H](O)[C@H](N2CCC(=O)NC2=O)O1. The molecule has 2 heterocycles. The molecule has 0 unspecified atom stereocenters. The Kier molecular flexibility index (Phi) is 8.76. The van der Waals surface area contributed by atoms with Crippen molar-refractivity contribution < 1.29 is 24.2 Å². The zero-order chi connectivity index (χ0) is 31.1. The number of hydrogen-bond donors (Lipinski definition) is 3. The number of nitrogens with zero attached hydrogens (tertiary/aromatic N) is 1. The van der Waals surface area contributed by atoms with Gasteiger partial charge in [0.2, 0.25) is 11.8 Å². The molecule has 5 fully saturated rings. The van der Waals surface area contributed by atoms with Crippen molar-refractivity contribution in [2.24, 2.45) is 59.2 Å². The van der Waals surface area contributed by atoms with Crippen LogP contribution in [0.3, 0.4) is 0 Å². The van der Waals surface area contributed by atoms with Gasteiger partial charge in [-0.1, -0.05) is 61.3 Å². The van der Waals surface area contributed by atoms with Crippen molar-refractivity contribution in [3.63, 3.8) is 0 Å². The van der Waals surface area contributed by atoms with Crippen LogP contribution in [0, 0.1) is 71.0 Å². The summed E-state index contributed by atoms with van der Waals surface area (Å²) in [6, 6.07) is -0.556.